The number of carbonyl (C=O) groups is 6. The second kappa shape index (κ2) is 25.2. The molecular weight excluding hydrogens is 686 g/mol. The zero-order chi connectivity index (χ0) is 37.4. The van der Waals surface area contributed by atoms with Crippen LogP contribution < -0.4 is 10.6 Å². The topological polar surface area (TPSA) is 204 Å². The summed E-state index contributed by atoms with van der Waals surface area (Å²) in [7, 11) is 0. The molecule has 1 atom stereocenters. The Labute approximate surface area is 303 Å². The van der Waals surface area contributed by atoms with Crippen molar-refractivity contribution in [3.63, 3.8) is 0 Å². The lowest BCUT2D eigenvalue weighted by Gasteiger charge is -2.27. The van der Waals surface area contributed by atoms with Gasteiger partial charge in [-0.05, 0) is 31.4 Å². The van der Waals surface area contributed by atoms with E-state index < -0.39 is 29.7 Å². The standard InChI is InChI=1S/C35H51N3O14/c1-26(39)52-25-24-51-23-22-50-21-20-49-19-18-48-17-16-47-15-14-46-13-12-45-11-4-2-3-8-30(40)36-28-7-5-6-27-32(28)35(44)38(34(27)43)29-9-10-31(41)37-33(29)42/h5-7,29H,2-4,8-25H2,1H3,(H,36,40)(H,37,41,42). The van der Waals surface area contributed by atoms with Crippen LogP contribution in [0.3, 0.4) is 0 Å². The summed E-state index contributed by atoms with van der Waals surface area (Å²) in [5.74, 6) is -3.05. The van der Waals surface area contributed by atoms with Gasteiger partial charge in [-0.15, -0.1) is 0 Å². The number of piperidine rings is 1. The maximum Gasteiger partial charge on any atom is 0.302 e. The van der Waals surface area contributed by atoms with Gasteiger partial charge in [0, 0.05) is 26.4 Å². The molecule has 3 rings (SSSR count). The van der Waals surface area contributed by atoms with Crippen LogP contribution in [0, 0.1) is 0 Å². The molecule has 1 unspecified atom stereocenters. The molecule has 5 amide bonds. The molecule has 290 valence electrons. The normalized spacial score (nSPS) is 15.6. The predicted octanol–water partition coefficient (Wildman–Crippen LogP) is 1.27. The van der Waals surface area contributed by atoms with Crippen LogP contribution in [-0.4, -0.2) is 146 Å². The summed E-state index contributed by atoms with van der Waals surface area (Å²) < 4.78 is 42.8. The van der Waals surface area contributed by atoms with E-state index in [-0.39, 0.29) is 54.6 Å². The van der Waals surface area contributed by atoms with Crippen molar-refractivity contribution in [3.05, 3.63) is 29.3 Å². The molecule has 2 aliphatic rings. The molecule has 0 aromatic heterocycles. The van der Waals surface area contributed by atoms with Crippen molar-refractivity contribution in [2.45, 2.75) is 51.5 Å². The summed E-state index contributed by atoms with van der Waals surface area (Å²) in [4.78, 5) is 74.0. The molecule has 1 aromatic rings. The highest BCUT2D eigenvalue weighted by Gasteiger charge is 2.45. The number of fused-ring (bicyclic) bond motifs is 1. The van der Waals surface area contributed by atoms with Gasteiger partial charge < -0.3 is 43.2 Å². The zero-order valence-electron chi connectivity index (χ0n) is 29.8. The summed E-state index contributed by atoms with van der Waals surface area (Å²) in [5, 5.41) is 4.89. The third kappa shape index (κ3) is 15.8. The average molecular weight is 738 g/mol. The van der Waals surface area contributed by atoms with E-state index in [1.54, 1.807) is 12.1 Å². The van der Waals surface area contributed by atoms with E-state index in [0.717, 1.165) is 17.7 Å². The number of unbranched alkanes of at least 4 members (excludes halogenated alkanes) is 2. The minimum Gasteiger partial charge on any atom is -0.463 e. The highest BCUT2D eigenvalue weighted by atomic mass is 16.6. The Hall–Kier alpha value is -3.84. The van der Waals surface area contributed by atoms with Crippen molar-refractivity contribution in [1.29, 1.82) is 0 Å². The molecule has 0 radical (unpaired) electrons. The van der Waals surface area contributed by atoms with Crippen LogP contribution in [-0.2, 0) is 57.1 Å². The number of nitrogens with zero attached hydrogens (tertiary/aromatic N) is 1. The highest BCUT2D eigenvalue weighted by molar-refractivity contribution is 6.26. The maximum atomic E-state index is 13.2. The molecule has 2 N–H and O–H groups in total. The molecule has 0 aliphatic carbocycles. The van der Waals surface area contributed by atoms with Crippen LogP contribution in [0.15, 0.2) is 18.2 Å². The molecule has 1 aromatic carbocycles. The molecule has 2 heterocycles. The van der Waals surface area contributed by atoms with Crippen LogP contribution in [0.5, 0.6) is 0 Å². The first-order valence-electron chi connectivity index (χ1n) is 17.6. The molecule has 17 heteroatoms. The molecule has 52 heavy (non-hydrogen) atoms. The molecule has 2 aliphatic heterocycles. The number of ether oxygens (including phenoxy) is 8. The fourth-order valence-corrected chi connectivity index (χ4v) is 5.16. The third-order valence-electron chi connectivity index (χ3n) is 7.70. The average Bonchev–Trinajstić information content (AvgIpc) is 3.37. The van der Waals surface area contributed by atoms with Gasteiger partial charge in [-0.25, -0.2) is 0 Å². The number of carbonyl (C=O) groups excluding carboxylic acids is 6. The van der Waals surface area contributed by atoms with E-state index in [0.29, 0.717) is 98.9 Å². The lowest BCUT2D eigenvalue weighted by Crippen LogP contribution is -2.54. The number of hydrogen-bond donors (Lipinski definition) is 2. The third-order valence-corrected chi connectivity index (χ3v) is 7.70. The Morgan fingerprint density at radius 1 is 0.692 bits per heavy atom. The Kier molecular flexibility index (Phi) is 20.6. The van der Waals surface area contributed by atoms with Gasteiger partial charge in [-0.2, -0.15) is 0 Å². The number of benzene rings is 1. The number of imide groups is 2. The first-order chi connectivity index (χ1) is 25.3. The van der Waals surface area contributed by atoms with Crippen molar-refractivity contribution in [1.82, 2.24) is 10.2 Å². The summed E-state index contributed by atoms with van der Waals surface area (Å²) in [6.45, 7) is 7.83. The Morgan fingerprint density at radius 2 is 1.21 bits per heavy atom. The minimum absolute atomic E-state index is 0.0272. The molecule has 17 nitrogen and oxygen atoms in total. The van der Waals surface area contributed by atoms with Crippen molar-refractivity contribution in [2.75, 3.05) is 104 Å². The van der Waals surface area contributed by atoms with Gasteiger partial charge in [-0.3, -0.25) is 39.0 Å². The number of esters is 1. The Balaban J connectivity index is 1.08. The lowest BCUT2D eigenvalue weighted by atomic mass is 10.0. The van der Waals surface area contributed by atoms with Crippen LogP contribution in [0.1, 0.15) is 66.2 Å². The second-order valence-corrected chi connectivity index (χ2v) is 11.7. The number of nitrogens with one attached hydrogen (secondary N) is 2. The van der Waals surface area contributed by atoms with E-state index in [9.17, 15) is 28.8 Å². The molecule has 0 saturated carbocycles. The fraction of sp³-hybridized carbons (Fsp3) is 0.657. The van der Waals surface area contributed by atoms with Crippen molar-refractivity contribution >= 4 is 41.2 Å². The molecule has 1 saturated heterocycles. The Bertz CT molecular complexity index is 1310. The maximum absolute atomic E-state index is 13.2. The largest absolute Gasteiger partial charge is 0.463 e. The van der Waals surface area contributed by atoms with Crippen LogP contribution in [0.25, 0.3) is 0 Å². The van der Waals surface area contributed by atoms with E-state index >= 15 is 0 Å². The first kappa shape index (κ1) is 42.6. The van der Waals surface area contributed by atoms with Crippen LogP contribution >= 0.6 is 0 Å². The number of hydrogen-bond acceptors (Lipinski definition) is 14. The summed E-state index contributed by atoms with van der Waals surface area (Å²) >= 11 is 0. The molecular formula is C35H51N3O14. The van der Waals surface area contributed by atoms with Gasteiger partial charge >= 0.3 is 5.97 Å². The quantitative estimate of drug-likeness (QED) is 0.0676. The number of anilines is 1. The van der Waals surface area contributed by atoms with Gasteiger partial charge in [0.1, 0.15) is 12.6 Å². The predicted molar refractivity (Wildman–Crippen MR) is 183 cm³/mol. The van der Waals surface area contributed by atoms with E-state index in [1.807, 2.05) is 0 Å². The van der Waals surface area contributed by atoms with Crippen LogP contribution in [0.2, 0.25) is 0 Å². The fourth-order valence-electron chi connectivity index (χ4n) is 5.16. The van der Waals surface area contributed by atoms with Gasteiger partial charge in [0.05, 0.1) is 103 Å². The number of amides is 5. The van der Waals surface area contributed by atoms with Crippen molar-refractivity contribution in [2.24, 2.45) is 0 Å². The summed E-state index contributed by atoms with van der Waals surface area (Å²) in [6.07, 6.45) is 2.44. The van der Waals surface area contributed by atoms with E-state index in [4.69, 9.17) is 37.9 Å². The Morgan fingerprint density at radius 3 is 1.73 bits per heavy atom. The summed E-state index contributed by atoms with van der Waals surface area (Å²) in [5.41, 5.74) is 0.376. The van der Waals surface area contributed by atoms with Crippen molar-refractivity contribution in [3.8, 4) is 0 Å². The van der Waals surface area contributed by atoms with E-state index in [1.165, 1.54) is 13.0 Å². The van der Waals surface area contributed by atoms with E-state index in [2.05, 4.69) is 10.6 Å². The monoisotopic (exact) mass is 737 g/mol. The van der Waals surface area contributed by atoms with Gasteiger partial charge in [0.15, 0.2) is 0 Å². The van der Waals surface area contributed by atoms with Gasteiger partial charge in [-0.1, -0.05) is 12.5 Å². The molecule has 0 bridgehead atoms. The van der Waals surface area contributed by atoms with Crippen molar-refractivity contribution < 1.29 is 66.7 Å². The molecule has 1 fully saturated rings. The SMILES string of the molecule is CC(=O)OCCOCCOCCOCCOCCOCCOCCOCCCCCC(=O)Nc1cccc2c1C(=O)N(C1CCC(=O)NC1=O)C2=O. The van der Waals surface area contributed by atoms with Gasteiger partial charge in [0.2, 0.25) is 17.7 Å². The van der Waals surface area contributed by atoms with Gasteiger partial charge in [0.25, 0.3) is 11.8 Å². The highest BCUT2D eigenvalue weighted by Crippen LogP contribution is 2.32. The minimum atomic E-state index is -1.07. The zero-order valence-corrected chi connectivity index (χ0v) is 29.8. The number of rotatable bonds is 29. The first-order valence-corrected chi connectivity index (χ1v) is 17.6. The lowest BCUT2D eigenvalue weighted by molar-refractivity contribution is -0.142. The summed E-state index contributed by atoms with van der Waals surface area (Å²) in [6, 6.07) is 3.52. The molecule has 0 spiro atoms. The van der Waals surface area contributed by atoms with Crippen LogP contribution in [0.4, 0.5) is 5.69 Å². The smallest absolute Gasteiger partial charge is 0.302 e. The second-order valence-electron chi connectivity index (χ2n) is 11.7.